The van der Waals surface area contributed by atoms with Crippen molar-refractivity contribution in [2.75, 3.05) is 13.2 Å². The molecule has 0 fully saturated rings. The lowest BCUT2D eigenvalue weighted by Gasteiger charge is -2.27. The lowest BCUT2D eigenvalue weighted by atomic mass is 9.78. The fourth-order valence-electron chi connectivity index (χ4n) is 4.14. The van der Waals surface area contributed by atoms with Gasteiger partial charge in [0.05, 0.1) is 12.3 Å². The van der Waals surface area contributed by atoms with E-state index in [0.29, 0.717) is 18.2 Å². The Morgan fingerprint density at radius 1 is 1.00 bits per heavy atom. The Labute approximate surface area is 210 Å². The second-order valence-electron chi connectivity index (χ2n) is 11.4. The van der Waals surface area contributed by atoms with Gasteiger partial charge in [-0.1, -0.05) is 66.2 Å². The van der Waals surface area contributed by atoms with Gasteiger partial charge < -0.3 is 19.6 Å². The fraction of sp³-hybridized carbons (Fsp3) is 0.500. The number of hydrogen-bond donors (Lipinski definition) is 2. The number of rotatable bonds is 9. The molecule has 0 aliphatic heterocycles. The number of aromatic hydroxyl groups is 1. The molecule has 0 atom stereocenters. The molecule has 1 heterocycles. The van der Waals surface area contributed by atoms with Crippen molar-refractivity contribution < 1.29 is 14.3 Å². The number of hydrogen-bond acceptors (Lipinski definition) is 5. The van der Waals surface area contributed by atoms with Crippen molar-refractivity contribution in [1.82, 2.24) is 10.3 Å². The smallest absolute Gasteiger partial charge is 0.226 e. The molecule has 5 heteroatoms. The van der Waals surface area contributed by atoms with E-state index >= 15 is 0 Å². The zero-order valence-corrected chi connectivity index (χ0v) is 22.7. The van der Waals surface area contributed by atoms with Gasteiger partial charge in [-0.15, -0.1) is 0 Å². The number of nitrogens with one attached hydrogen (secondary N) is 1. The van der Waals surface area contributed by atoms with Crippen LogP contribution < -0.4 is 10.1 Å². The standard InChI is InChI=1S/C30H42N2O3/c1-9-31-18-22-15-20(2)12-13-26(22)34-14-10-11-23-19-35-28(32-23)21-16-24(29(3,4)5)27(33)25(17-21)30(6,7)8/h12-13,15-17,19,31,33H,9-11,14,18H2,1-8H3. The minimum Gasteiger partial charge on any atom is -0.507 e. The summed E-state index contributed by atoms with van der Waals surface area (Å²) < 4.78 is 12.0. The number of aryl methyl sites for hydroxylation is 2. The monoisotopic (exact) mass is 478 g/mol. The van der Waals surface area contributed by atoms with Crippen LogP contribution in [-0.2, 0) is 23.8 Å². The second kappa shape index (κ2) is 10.9. The summed E-state index contributed by atoms with van der Waals surface area (Å²) in [5, 5.41) is 14.4. The molecule has 190 valence electrons. The van der Waals surface area contributed by atoms with E-state index in [9.17, 15) is 5.11 Å². The molecule has 1 aromatic heterocycles. The normalized spacial score (nSPS) is 12.2. The molecule has 0 unspecified atom stereocenters. The van der Waals surface area contributed by atoms with Crippen molar-refractivity contribution >= 4 is 0 Å². The SMILES string of the molecule is CCNCc1cc(C)ccc1OCCCc1coc(-c2cc(C(C)(C)C)c(O)c(C(C)(C)C)c2)n1. The van der Waals surface area contributed by atoms with Crippen LogP contribution in [0.2, 0.25) is 0 Å². The molecule has 0 spiro atoms. The third-order valence-corrected chi connectivity index (χ3v) is 6.14. The Kier molecular flexibility index (Phi) is 8.32. The van der Waals surface area contributed by atoms with Crippen LogP contribution in [0, 0.1) is 6.92 Å². The average Bonchev–Trinajstić information content (AvgIpc) is 3.23. The summed E-state index contributed by atoms with van der Waals surface area (Å²) >= 11 is 0. The number of phenols is 1. The minimum atomic E-state index is -0.200. The summed E-state index contributed by atoms with van der Waals surface area (Å²) in [5.41, 5.74) is 5.63. The molecule has 0 saturated carbocycles. The molecular weight excluding hydrogens is 436 g/mol. The molecular formula is C30H42N2O3. The Bertz CT molecular complexity index is 1100. The summed E-state index contributed by atoms with van der Waals surface area (Å²) in [5.74, 6) is 1.89. The number of nitrogens with zero attached hydrogens (tertiary/aromatic N) is 1. The minimum absolute atomic E-state index is 0.200. The van der Waals surface area contributed by atoms with E-state index in [2.05, 4.69) is 78.9 Å². The molecule has 0 aliphatic carbocycles. The number of oxazole rings is 1. The third-order valence-electron chi connectivity index (χ3n) is 6.14. The van der Waals surface area contributed by atoms with Gasteiger partial charge in [-0.25, -0.2) is 4.98 Å². The van der Waals surface area contributed by atoms with E-state index < -0.39 is 0 Å². The number of ether oxygens (including phenoxy) is 1. The highest BCUT2D eigenvalue weighted by atomic mass is 16.5. The van der Waals surface area contributed by atoms with Gasteiger partial charge >= 0.3 is 0 Å². The van der Waals surface area contributed by atoms with E-state index in [1.807, 2.05) is 12.1 Å². The number of aromatic nitrogens is 1. The molecule has 3 aromatic rings. The van der Waals surface area contributed by atoms with E-state index in [4.69, 9.17) is 14.1 Å². The molecule has 0 bridgehead atoms. The maximum absolute atomic E-state index is 11.0. The Morgan fingerprint density at radius 3 is 2.26 bits per heavy atom. The highest BCUT2D eigenvalue weighted by Crippen LogP contribution is 2.41. The van der Waals surface area contributed by atoms with Crippen LogP contribution in [0.3, 0.4) is 0 Å². The first kappa shape index (κ1) is 26.8. The topological polar surface area (TPSA) is 67.5 Å². The summed E-state index contributed by atoms with van der Waals surface area (Å²) in [7, 11) is 0. The highest BCUT2D eigenvalue weighted by molar-refractivity contribution is 5.63. The van der Waals surface area contributed by atoms with Crippen molar-refractivity contribution in [2.24, 2.45) is 0 Å². The second-order valence-corrected chi connectivity index (χ2v) is 11.4. The van der Waals surface area contributed by atoms with Crippen molar-refractivity contribution in [3.8, 4) is 23.0 Å². The van der Waals surface area contributed by atoms with Gasteiger partial charge in [0, 0.05) is 28.8 Å². The molecule has 0 radical (unpaired) electrons. The van der Waals surface area contributed by atoms with Crippen LogP contribution in [0.5, 0.6) is 11.5 Å². The quantitative estimate of drug-likeness (QED) is 0.322. The average molecular weight is 479 g/mol. The maximum Gasteiger partial charge on any atom is 0.226 e. The first-order chi connectivity index (χ1) is 16.4. The summed E-state index contributed by atoms with van der Waals surface area (Å²) in [6, 6.07) is 10.3. The number of benzene rings is 2. The Hall–Kier alpha value is -2.79. The van der Waals surface area contributed by atoms with E-state index in [1.54, 1.807) is 6.26 Å². The molecule has 0 aliphatic rings. The summed E-state index contributed by atoms with van der Waals surface area (Å²) in [4.78, 5) is 4.76. The Balaban J connectivity index is 1.71. The first-order valence-electron chi connectivity index (χ1n) is 12.7. The van der Waals surface area contributed by atoms with Crippen molar-refractivity contribution in [2.45, 2.75) is 85.6 Å². The van der Waals surface area contributed by atoms with Gasteiger partial charge in [-0.3, -0.25) is 0 Å². The highest BCUT2D eigenvalue weighted by Gasteiger charge is 2.27. The van der Waals surface area contributed by atoms with Crippen LogP contribution >= 0.6 is 0 Å². The van der Waals surface area contributed by atoms with Crippen molar-refractivity contribution in [3.05, 3.63) is 64.5 Å². The zero-order valence-electron chi connectivity index (χ0n) is 22.7. The summed E-state index contributed by atoms with van der Waals surface area (Å²) in [6.45, 7) is 19.2. The van der Waals surface area contributed by atoms with Gasteiger partial charge in [-0.2, -0.15) is 0 Å². The molecule has 5 nitrogen and oxygen atoms in total. The van der Waals surface area contributed by atoms with E-state index in [-0.39, 0.29) is 10.8 Å². The first-order valence-corrected chi connectivity index (χ1v) is 12.7. The van der Waals surface area contributed by atoms with Crippen LogP contribution in [0.25, 0.3) is 11.5 Å². The molecule has 0 saturated heterocycles. The molecule has 2 aromatic carbocycles. The van der Waals surface area contributed by atoms with Gasteiger partial charge in [0.2, 0.25) is 5.89 Å². The molecule has 2 N–H and O–H groups in total. The largest absolute Gasteiger partial charge is 0.507 e. The Morgan fingerprint density at radius 2 is 1.66 bits per heavy atom. The number of phenolic OH excluding ortho intramolecular Hbond substituents is 1. The van der Waals surface area contributed by atoms with E-state index in [0.717, 1.165) is 54.1 Å². The predicted molar refractivity (Wildman–Crippen MR) is 143 cm³/mol. The van der Waals surface area contributed by atoms with Crippen molar-refractivity contribution in [3.63, 3.8) is 0 Å². The summed E-state index contributed by atoms with van der Waals surface area (Å²) in [6.07, 6.45) is 3.35. The van der Waals surface area contributed by atoms with Gasteiger partial charge in [-0.05, 0) is 55.3 Å². The van der Waals surface area contributed by atoms with Gasteiger partial charge in [0.15, 0.2) is 0 Å². The maximum atomic E-state index is 11.0. The molecule has 3 rings (SSSR count). The van der Waals surface area contributed by atoms with Gasteiger partial charge in [0.1, 0.15) is 17.8 Å². The van der Waals surface area contributed by atoms with Gasteiger partial charge in [0.25, 0.3) is 0 Å². The fourth-order valence-corrected chi connectivity index (χ4v) is 4.14. The van der Waals surface area contributed by atoms with Crippen molar-refractivity contribution in [1.29, 1.82) is 0 Å². The van der Waals surface area contributed by atoms with Crippen LogP contribution in [0.4, 0.5) is 0 Å². The zero-order chi connectivity index (χ0) is 25.8. The molecule has 0 amide bonds. The van der Waals surface area contributed by atoms with E-state index in [1.165, 1.54) is 11.1 Å². The lowest BCUT2D eigenvalue weighted by molar-refractivity contribution is 0.306. The predicted octanol–water partition coefficient (Wildman–Crippen LogP) is 7.07. The molecule has 35 heavy (non-hydrogen) atoms. The van der Waals surface area contributed by atoms with Crippen LogP contribution in [-0.4, -0.2) is 23.2 Å². The van der Waals surface area contributed by atoms with Crippen LogP contribution in [0.1, 0.15) is 82.8 Å². The third kappa shape index (κ3) is 6.88. The van der Waals surface area contributed by atoms with Crippen LogP contribution in [0.15, 0.2) is 41.0 Å². The lowest BCUT2D eigenvalue weighted by Crippen LogP contribution is -2.17.